The molecule has 4 heteroatoms. The summed E-state index contributed by atoms with van der Waals surface area (Å²) in [4.78, 5) is 7.43. The van der Waals surface area contributed by atoms with Gasteiger partial charge in [0.15, 0.2) is 0 Å². The first kappa shape index (κ1) is 10.7. The number of nitrogens with two attached hydrogens (primary N) is 1. The molecule has 0 amide bonds. The molecule has 0 saturated heterocycles. The van der Waals surface area contributed by atoms with Crippen molar-refractivity contribution in [2.24, 2.45) is 5.73 Å². The fraction of sp³-hybridized carbons (Fsp3) is 0.250. The lowest BCUT2D eigenvalue weighted by Crippen LogP contribution is -1.97. The summed E-state index contributed by atoms with van der Waals surface area (Å²) >= 11 is 0. The van der Waals surface area contributed by atoms with Crippen molar-refractivity contribution in [3.8, 4) is 5.75 Å². The number of H-pyrrole nitrogens is 1. The minimum Gasteiger partial charge on any atom is -0.497 e. The number of hydrogen-bond donors (Lipinski definition) is 2. The smallest absolute Gasteiger partial charge is 0.118 e. The van der Waals surface area contributed by atoms with Crippen LogP contribution >= 0.6 is 0 Å². The zero-order chi connectivity index (χ0) is 11.4. The SMILES string of the molecule is COc1ccc(Cc2ncc(CN)[nH]2)cc1. The van der Waals surface area contributed by atoms with Gasteiger partial charge in [-0.15, -0.1) is 0 Å². The molecular weight excluding hydrogens is 202 g/mol. The predicted octanol–water partition coefficient (Wildman–Crippen LogP) is 1.47. The number of methoxy groups -OCH3 is 1. The van der Waals surface area contributed by atoms with E-state index in [0.29, 0.717) is 6.54 Å². The van der Waals surface area contributed by atoms with Gasteiger partial charge in [-0.05, 0) is 17.7 Å². The molecular formula is C12H15N3O. The van der Waals surface area contributed by atoms with Crippen molar-refractivity contribution in [2.45, 2.75) is 13.0 Å². The first-order valence-corrected chi connectivity index (χ1v) is 5.17. The highest BCUT2D eigenvalue weighted by Crippen LogP contribution is 2.13. The maximum atomic E-state index is 5.51. The third-order valence-corrected chi connectivity index (χ3v) is 2.43. The number of ether oxygens (including phenoxy) is 1. The normalized spacial score (nSPS) is 10.4. The molecule has 4 nitrogen and oxygen atoms in total. The van der Waals surface area contributed by atoms with Gasteiger partial charge in [0.1, 0.15) is 11.6 Å². The number of benzene rings is 1. The Labute approximate surface area is 94.5 Å². The number of nitrogens with zero attached hydrogens (tertiary/aromatic N) is 1. The third-order valence-electron chi connectivity index (χ3n) is 2.43. The van der Waals surface area contributed by atoms with Crippen molar-refractivity contribution in [1.29, 1.82) is 0 Å². The van der Waals surface area contributed by atoms with Gasteiger partial charge in [-0.1, -0.05) is 12.1 Å². The molecule has 2 rings (SSSR count). The van der Waals surface area contributed by atoms with Crippen molar-refractivity contribution in [1.82, 2.24) is 9.97 Å². The average molecular weight is 217 g/mol. The fourth-order valence-electron chi connectivity index (χ4n) is 1.54. The highest BCUT2D eigenvalue weighted by Gasteiger charge is 2.01. The summed E-state index contributed by atoms with van der Waals surface area (Å²) < 4.78 is 5.10. The van der Waals surface area contributed by atoms with Crippen molar-refractivity contribution in [3.05, 3.63) is 47.5 Å². The number of nitrogens with one attached hydrogen (secondary N) is 1. The quantitative estimate of drug-likeness (QED) is 0.815. The Morgan fingerprint density at radius 3 is 2.62 bits per heavy atom. The van der Waals surface area contributed by atoms with Gasteiger partial charge in [0.25, 0.3) is 0 Å². The molecule has 0 spiro atoms. The predicted molar refractivity (Wildman–Crippen MR) is 62.3 cm³/mol. The standard InChI is InChI=1S/C12H15N3O/c1-16-11-4-2-9(3-5-11)6-12-14-8-10(7-13)15-12/h2-5,8H,6-7,13H2,1H3,(H,14,15). The lowest BCUT2D eigenvalue weighted by molar-refractivity contribution is 0.414. The maximum absolute atomic E-state index is 5.51. The summed E-state index contributed by atoms with van der Waals surface area (Å²) in [6.07, 6.45) is 2.56. The molecule has 3 N–H and O–H groups in total. The summed E-state index contributed by atoms with van der Waals surface area (Å²) in [5.41, 5.74) is 7.66. The van der Waals surface area contributed by atoms with Gasteiger partial charge in [-0.2, -0.15) is 0 Å². The highest BCUT2D eigenvalue weighted by atomic mass is 16.5. The van der Waals surface area contributed by atoms with Crippen LogP contribution in [0.3, 0.4) is 0 Å². The summed E-state index contributed by atoms with van der Waals surface area (Å²) in [5.74, 6) is 1.80. The fourth-order valence-corrected chi connectivity index (χ4v) is 1.54. The second-order valence-corrected chi connectivity index (χ2v) is 3.58. The van der Waals surface area contributed by atoms with E-state index in [1.165, 1.54) is 5.56 Å². The minimum absolute atomic E-state index is 0.496. The monoisotopic (exact) mass is 217 g/mol. The maximum Gasteiger partial charge on any atom is 0.118 e. The lowest BCUT2D eigenvalue weighted by atomic mass is 10.1. The molecule has 0 unspecified atom stereocenters. The number of aromatic amines is 1. The lowest BCUT2D eigenvalue weighted by Gasteiger charge is -2.01. The summed E-state index contributed by atoms with van der Waals surface area (Å²) in [5, 5.41) is 0. The molecule has 0 radical (unpaired) electrons. The molecule has 0 saturated carbocycles. The van der Waals surface area contributed by atoms with E-state index in [9.17, 15) is 0 Å². The number of hydrogen-bond acceptors (Lipinski definition) is 3. The molecule has 1 aromatic heterocycles. The van der Waals surface area contributed by atoms with Gasteiger partial charge >= 0.3 is 0 Å². The largest absolute Gasteiger partial charge is 0.497 e. The van der Waals surface area contributed by atoms with E-state index >= 15 is 0 Å². The van der Waals surface area contributed by atoms with Gasteiger partial charge in [-0.3, -0.25) is 0 Å². The topological polar surface area (TPSA) is 63.9 Å². The van der Waals surface area contributed by atoms with Crippen molar-refractivity contribution >= 4 is 0 Å². The molecule has 0 bridgehead atoms. The van der Waals surface area contributed by atoms with Gasteiger partial charge in [0.05, 0.1) is 7.11 Å². The zero-order valence-corrected chi connectivity index (χ0v) is 9.23. The van der Waals surface area contributed by atoms with Crippen LogP contribution in [0.1, 0.15) is 17.1 Å². The molecule has 0 aliphatic rings. The third kappa shape index (κ3) is 2.41. The molecule has 16 heavy (non-hydrogen) atoms. The average Bonchev–Trinajstić information content (AvgIpc) is 2.78. The van der Waals surface area contributed by atoms with E-state index in [1.54, 1.807) is 13.3 Å². The van der Waals surface area contributed by atoms with Crippen LogP contribution in [0.4, 0.5) is 0 Å². The van der Waals surface area contributed by atoms with E-state index in [2.05, 4.69) is 9.97 Å². The number of imidazole rings is 1. The van der Waals surface area contributed by atoms with E-state index < -0.39 is 0 Å². The van der Waals surface area contributed by atoms with Crippen LogP contribution in [0.25, 0.3) is 0 Å². The Hall–Kier alpha value is -1.81. The van der Waals surface area contributed by atoms with Gasteiger partial charge in [-0.25, -0.2) is 4.98 Å². The first-order valence-electron chi connectivity index (χ1n) is 5.17. The highest BCUT2D eigenvalue weighted by molar-refractivity contribution is 5.28. The second-order valence-electron chi connectivity index (χ2n) is 3.58. The van der Waals surface area contributed by atoms with Crippen LogP contribution < -0.4 is 10.5 Å². The Balaban J connectivity index is 2.08. The Bertz CT molecular complexity index is 448. The molecule has 0 atom stereocenters. The van der Waals surface area contributed by atoms with Crippen LogP contribution in [0.2, 0.25) is 0 Å². The van der Waals surface area contributed by atoms with Crippen LogP contribution in [0, 0.1) is 0 Å². The van der Waals surface area contributed by atoms with E-state index in [1.807, 2.05) is 24.3 Å². The van der Waals surface area contributed by atoms with E-state index in [0.717, 1.165) is 23.7 Å². The Kier molecular flexibility index (Phi) is 3.22. The van der Waals surface area contributed by atoms with Crippen LogP contribution in [0.15, 0.2) is 30.5 Å². The Morgan fingerprint density at radius 1 is 1.31 bits per heavy atom. The molecule has 84 valence electrons. The molecule has 0 fully saturated rings. The van der Waals surface area contributed by atoms with Crippen LogP contribution in [-0.2, 0) is 13.0 Å². The summed E-state index contributed by atoms with van der Waals surface area (Å²) in [6.45, 7) is 0.496. The van der Waals surface area contributed by atoms with E-state index in [-0.39, 0.29) is 0 Å². The molecule has 1 heterocycles. The minimum atomic E-state index is 0.496. The van der Waals surface area contributed by atoms with E-state index in [4.69, 9.17) is 10.5 Å². The molecule has 0 aliphatic carbocycles. The van der Waals surface area contributed by atoms with Crippen molar-refractivity contribution in [2.75, 3.05) is 7.11 Å². The zero-order valence-electron chi connectivity index (χ0n) is 9.23. The number of aromatic nitrogens is 2. The molecule has 2 aromatic rings. The summed E-state index contributed by atoms with van der Waals surface area (Å²) in [7, 11) is 1.66. The van der Waals surface area contributed by atoms with Gasteiger partial charge < -0.3 is 15.5 Å². The summed E-state index contributed by atoms with van der Waals surface area (Å²) in [6, 6.07) is 7.96. The second kappa shape index (κ2) is 4.81. The molecule has 1 aromatic carbocycles. The Morgan fingerprint density at radius 2 is 2.06 bits per heavy atom. The molecule has 0 aliphatic heterocycles. The van der Waals surface area contributed by atoms with Crippen molar-refractivity contribution < 1.29 is 4.74 Å². The van der Waals surface area contributed by atoms with Crippen LogP contribution in [-0.4, -0.2) is 17.1 Å². The van der Waals surface area contributed by atoms with Crippen molar-refractivity contribution in [3.63, 3.8) is 0 Å². The van der Waals surface area contributed by atoms with Crippen LogP contribution in [0.5, 0.6) is 5.75 Å². The number of rotatable bonds is 4. The first-order chi connectivity index (χ1) is 7.81. The van der Waals surface area contributed by atoms with Gasteiger partial charge in [0.2, 0.25) is 0 Å². The van der Waals surface area contributed by atoms with Gasteiger partial charge in [0, 0.05) is 24.9 Å².